The molecule has 0 aliphatic heterocycles. The zero-order valence-corrected chi connectivity index (χ0v) is 13.3. The van der Waals surface area contributed by atoms with Crippen molar-refractivity contribution >= 4 is 11.9 Å². The van der Waals surface area contributed by atoms with Gasteiger partial charge in [-0.25, -0.2) is 4.79 Å². The number of carbonyl (C=O) groups excluding carboxylic acids is 2. The van der Waals surface area contributed by atoms with Gasteiger partial charge in [-0.05, 0) is 17.9 Å². The molecule has 1 atom stereocenters. The van der Waals surface area contributed by atoms with Crippen molar-refractivity contribution in [2.45, 2.75) is 46.8 Å². The van der Waals surface area contributed by atoms with E-state index in [1.165, 1.54) is 0 Å². The van der Waals surface area contributed by atoms with Crippen LogP contribution in [0.4, 0.5) is 0 Å². The molecule has 0 saturated heterocycles. The van der Waals surface area contributed by atoms with Gasteiger partial charge in [0.2, 0.25) is 5.91 Å². The van der Waals surface area contributed by atoms with Crippen LogP contribution in [0.1, 0.15) is 39.7 Å². The lowest BCUT2D eigenvalue weighted by molar-refractivity contribution is -0.150. The number of rotatable bonds is 7. The van der Waals surface area contributed by atoms with Crippen LogP contribution in [-0.2, 0) is 20.9 Å². The molecular formula is C17H25NO3. The van der Waals surface area contributed by atoms with E-state index in [9.17, 15) is 9.59 Å². The predicted octanol–water partition coefficient (Wildman–Crippen LogP) is 2.92. The number of benzene rings is 1. The number of ether oxygens (including phenoxy) is 1. The highest BCUT2D eigenvalue weighted by atomic mass is 16.5. The average molecular weight is 291 g/mol. The van der Waals surface area contributed by atoms with E-state index in [2.05, 4.69) is 5.32 Å². The molecule has 0 saturated carbocycles. The summed E-state index contributed by atoms with van der Waals surface area (Å²) in [5.74, 6) is -0.354. The van der Waals surface area contributed by atoms with E-state index in [0.29, 0.717) is 12.3 Å². The number of nitrogens with one attached hydrogen (secondary N) is 1. The summed E-state index contributed by atoms with van der Waals surface area (Å²) < 4.78 is 5.32. The first kappa shape index (κ1) is 17.2. The standard InChI is InChI=1S/C17H25NO3/c1-12(2)10-15(18-16(19)13(3)4)17(20)21-11-14-8-6-5-7-9-14/h5-9,12-13,15H,10-11H2,1-4H3,(H,18,19). The predicted molar refractivity (Wildman–Crippen MR) is 82.5 cm³/mol. The molecule has 21 heavy (non-hydrogen) atoms. The number of hydrogen-bond acceptors (Lipinski definition) is 3. The summed E-state index contributed by atoms with van der Waals surface area (Å²) in [5.41, 5.74) is 0.935. The molecule has 0 aromatic heterocycles. The second-order valence-electron chi connectivity index (χ2n) is 5.94. The zero-order valence-electron chi connectivity index (χ0n) is 13.3. The average Bonchev–Trinajstić information content (AvgIpc) is 2.44. The summed E-state index contributed by atoms with van der Waals surface area (Å²) in [5, 5.41) is 2.77. The molecule has 0 fully saturated rings. The maximum atomic E-state index is 12.2. The topological polar surface area (TPSA) is 55.4 Å². The maximum absolute atomic E-state index is 12.2. The normalized spacial score (nSPS) is 12.3. The van der Waals surface area contributed by atoms with Crippen LogP contribution in [0.2, 0.25) is 0 Å². The van der Waals surface area contributed by atoms with Crippen LogP contribution in [-0.4, -0.2) is 17.9 Å². The summed E-state index contributed by atoms with van der Waals surface area (Å²) >= 11 is 0. The van der Waals surface area contributed by atoms with Gasteiger partial charge < -0.3 is 10.1 Å². The van der Waals surface area contributed by atoms with Gasteiger partial charge in [-0.1, -0.05) is 58.0 Å². The third-order valence-corrected chi connectivity index (χ3v) is 3.06. The van der Waals surface area contributed by atoms with Crippen molar-refractivity contribution < 1.29 is 14.3 Å². The van der Waals surface area contributed by atoms with E-state index < -0.39 is 6.04 Å². The van der Waals surface area contributed by atoms with Crippen LogP contribution < -0.4 is 5.32 Å². The van der Waals surface area contributed by atoms with Gasteiger partial charge in [-0.3, -0.25) is 4.79 Å². The Morgan fingerprint density at radius 3 is 2.24 bits per heavy atom. The number of carbonyl (C=O) groups is 2. The molecule has 0 aliphatic rings. The first-order valence-corrected chi connectivity index (χ1v) is 7.41. The summed E-state index contributed by atoms with van der Waals surface area (Å²) in [4.78, 5) is 24.0. The first-order chi connectivity index (χ1) is 9.90. The second kappa shape index (κ2) is 8.45. The van der Waals surface area contributed by atoms with Gasteiger partial charge in [0.05, 0.1) is 0 Å². The molecule has 1 N–H and O–H groups in total. The minimum atomic E-state index is -0.580. The van der Waals surface area contributed by atoms with Crippen LogP contribution >= 0.6 is 0 Å². The van der Waals surface area contributed by atoms with Crippen molar-refractivity contribution in [3.05, 3.63) is 35.9 Å². The van der Waals surface area contributed by atoms with Crippen molar-refractivity contribution in [2.24, 2.45) is 11.8 Å². The van der Waals surface area contributed by atoms with Gasteiger partial charge in [0, 0.05) is 5.92 Å². The fourth-order valence-electron chi connectivity index (χ4n) is 1.85. The van der Waals surface area contributed by atoms with Crippen LogP contribution in [0.5, 0.6) is 0 Å². The lowest BCUT2D eigenvalue weighted by Crippen LogP contribution is -2.44. The highest BCUT2D eigenvalue weighted by Gasteiger charge is 2.24. The molecule has 4 nitrogen and oxygen atoms in total. The highest BCUT2D eigenvalue weighted by molar-refractivity contribution is 5.85. The van der Waals surface area contributed by atoms with Crippen molar-refractivity contribution in [3.8, 4) is 0 Å². The van der Waals surface area contributed by atoms with E-state index in [1.54, 1.807) is 13.8 Å². The fraction of sp³-hybridized carbons (Fsp3) is 0.529. The van der Waals surface area contributed by atoms with Gasteiger partial charge in [0.1, 0.15) is 12.6 Å². The molecule has 4 heteroatoms. The van der Waals surface area contributed by atoms with Crippen LogP contribution in [0.3, 0.4) is 0 Å². The smallest absolute Gasteiger partial charge is 0.328 e. The van der Waals surface area contributed by atoms with Gasteiger partial charge in [0.15, 0.2) is 0 Å². The molecule has 0 spiro atoms. The van der Waals surface area contributed by atoms with Crippen LogP contribution in [0, 0.1) is 11.8 Å². The Bertz CT molecular complexity index is 454. The molecule has 1 unspecified atom stereocenters. The summed E-state index contributed by atoms with van der Waals surface area (Å²) in [6.07, 6.45) is 0.575. The third kappa shape index (κ3) is 6.43. The number of esters is 1. The molecule has 0 heterocycles. The largest absolute Gasteiger partial charge is 0.459 e. The Labute approximate surface area is 126 Å². The van der Waals surface area contributed by atoms with E-state index in [0.717, 1.165) is 5.56 Å². The first-order valence-electron chi connectivity index (χ1n) is 7.41. The van der Waals surface area contributed by atoms with E-state index in [4.69, 9.17) is 4.74 Å². The van der Waals surface area contributed by atoms with E-state index in [1.807, 2.05) is 44.2 Å². The molecule has 0 bridgehead atoms. The molecule has 1 rings (SSSR count). The maximum Gasteiger partial charge on any atom is 0.328 e. The van der Waals surface area contributed by atoms with Gasteiger partial charge >= 0.3 is 5.97 Å². The molecule has 1 aromatic rings. The minimum absolute atomic E-state index is 0.127. The molecular weight excluding hydrogens is 266 g/mol. The Morgan fingerprint density at radius 2 is 1.71 bits per heavy atom. The van der Waals surface area contributed by atoms with Crippen molar-refractivity contribution in [2.75, 3.05) is 0 Å². The van der Waals surface area contributed by atoms with Crippen molar-refractivity contribution in [1.82, 2.24) is 5.32 Å². The van der Waals surface area contributed by atoms with Gasteiger partial charge in [0.25, 0.3) is 0 Å². The molecule has 116 valence electrons. The summed E-state index contributed by atoms with van der Waals surface area (Å²) in [7, 11) is 0. The SMILES string of the molecule is CC(C)CC(NC(=O)C(C)C)C(=O)OCc1ccccc1. The van der Waals surface area contributed by atoms with Gasteiger partial charge in [-0.2, -0.15) is 0 Å². The quantitative estimate of drug-likeness (QED) is 0.786. The number of hydrogen-bond donors (Lipinski definition) is 1. The fourth-order valence-corrected chi connectivity index (χ4v) is 1.85. The second-order valence-corrected chi connectivity index (χ2v) is 5.94. The lowest BCUT2D eigenvalue weighted by atomic mass is 10.0. The van der Waals surface area contributed by atoms with Crippen molar-refractivity contribution in [3.63, 3.8) is 0 Å². The lowest BCUT2D eigenvalue weighted by Gasteiger charge is -2.20. The zero-order chi connectivity index (χ0) is 15.8. The third-order valence-electron chi connectivity index (χ3n) is 3.06. The minimum Gasteiger partial charge on any atom is -0.459 e. The summed E-state index contributed by atoms with van der Waals surface area (Å²) in [6.45, 7) is 7.86. The molecule has 1 aromatic carbocycles. The highest BCUT2D eigenvalue weighted by Crippen LogP contribution is 2.09. The van der Waals surface area contributed by atoms with Crippen LogP contribution in [0.25, 0.3) is 0 Å². The Balaban J connectivity index is 2.60. The number of amides is 1. The Morgan fingerprint density at radius 1 is 1.10 bits per heavy atom. The molecule has 0 aliphatic carbocycles. The van der Waals surface area contributed by atoms with Gasteiger partial charge in [-0.15, -0.1) is 0 Å². The van der Waals surface area contributed by atoms with E-state index in [-0.39, 0.29) is 24.4 Å². The van der Waals surface area contributed by atoms with Crippen LogP contribution in [0.15, 0.2) is 30.3 Å². The van der Waals surface area contributed by atoms with E-state index >= 15 is 0 Å². The van der Waals surface area contributed by atoms with Crippen molar-refractivity contribution in [1.29, 1.82) is 0 Å². The molecule has 0 radical (unpaired) electrons. The Hall–Kier alpha value is -1.84. The molecule has 1 amide bonds. The summed E-state index contributed by atoms with van der Waals surface area (Å²) in [6, 6.07) is 8.93. The Kier molecular flexibility index (Phi) is 6.92. The monoisotopic (exact) mass is 291 g/mol.